The summed E-state index contributed by atoms with van der Waals surface area (Å²) in [5, 5.41) is 12.8. The van der Waals surface area contributed by atoms with E-state index in [1.54, 1.807) is 0 Å². The highest BCUT2D eigenvalue weighted by atomic mass is 16.3. The van der Waals surface area contributed by atoms with Gasteiger partial charge in [-0.2, -0.15) is 0 Å². The minimum atomic E-state index is 0.636. The van der Waals surface area contributed by atoms with Gasteiger partial charge in [-0.15, -0.1) is 0 Å². The third-order valence-corrected chi connectivity index (χ3v) is 11.2. The van der Waals surface area contributed by atoms with Gasteiger partial charge in [-0.05, 0) is 56.8 Å². The normalized spacial score (nSPS) is 12.1. The molecule has 0 bridgehead atoms. The molecule has 0 aliphatic rings. The molecule has 12 rings (SSSR count). The Balaban J connectivity index is 1.25. The number of aromatic nitrogens is 3. The lowest BCUT2D eigenvalue weighted by molar-refractivity contribution is 0.669. The number of para-hydroxylation sites is 2. The molecule has 0 spiro atoms. The Morgan fingerprint density at radius 1 is 0.389 bits per heavy atom. The van der Waals surface area contributed by atoms with Crippen LogP contribution in [0.15, 0.2) is 180 Å². The summed E-state index contributed by atoms with van der Waals surface area (Å²) in [5.74, 6) is 0.636. The van der Waals surface area contributed by atoms with Gasteiger partial charge in [0.1, 0.15) is 11.2 Å². The first-order valence-corrected chi connectivity index (χ1v) is 18.3. The summed E-state index contributed by atoms with van der Waals surface area (Å²) in [5.41, 5.74) is 8.92. The van der Waals surface area contributed by atoms with Gasteiger partial charge in [0, 0.05) is 43.4 Å². The van der Waals surface area contributed by atoms with Gasteiger partial charge in [0.2, 0.25) is 5.95 Å². The van der Waals surface area contributed by atoms with Gasteiger partial charge in [-0.3, -0.25) is 4.57 Å². The zero-order chi connectivity index (χ0) is 35.3. The van der Waals surface area contributed by atoms with Crippen molar-refractivity contribution in [2.45, 2.75) is 0 Å². The van der Waals surface area contributed by atoms with Gasteiger partial charge < -0.3 is 4.42 Å². The summed E-state index contributed by atoms with van der Waals surface area (Å²) in [6.07, 6.45) is 0. The highest BCUT2D eigenvalue weighted by molar-refractivity contribution is 6.33. The van der Waals surface area contributed by atoms with Crippen molar-refractivity contribution in [1.82, 2.24) is 14.5 Å². The van der Waals surface area contributed by atoms with E-state index in [0.29, 0.717) is 5.95 Å². The van der Waals surface area contributed by atoms with Crippen molar-refractivity contribution >= 4 is 87.0 Å². The lowest BCUT2D eigenvalue weighted by Gasteiger charge is -2.15. The fourth-order valence-electron chi connectivity index (χ4n) is 8.85. The Morgan fingerprint density at radius 2 is 1.07 bits per heavy atom. The van der Waals surface area contributed by atoms with E-state index in [2.05, 4.69) is 174 Å². The molecule has 3 aromatic heterocycles. The first-order chi connectivity index (χ1) is 26.8. The molecule has 0 N–H and O–H groups in total. The molecule has 0 fully saturated rings. The Bertz CT molecular complexity index is 3500. The average molecular weight is 688 g/mol. The van der Waals surface area contributed by atoms with Crippen LogP contribution in [-0.4, -0.2) is 14.5 Å². The van der Waals surface area contributed by atoms with Gasteiger partial charge in [-0.25, -0.2) is 9.97 Å². The van der Waals surface area contributed by atoms with Crippen LogP contribution < -0.4 is 0 Å². The van der Waals surface area contributed by atoms with Crippen LogP contribution in [0.3, 0.4) is 0 Å². The zero-order valence-electron chi connectivity index (χ0n) is 29.0. The summed E-state index contributed by atoms with van der Waals surface area (Å²) >= 11 is 0. The lowest BCUT2D eigenvalue weighted by atomic mass is 9.95. The highest BCUT2D eigenvalue weighted by Gasteiger charge is 2.24. The lowest BCUT2D eigenvalue weighted by Crippen LogP contribution is -2.04. The minimum absolute atomic E-state index is 0.636. The maximum absolute atomic E-state index is 6.61. The Kier molecular flexibility index (Phi) is 6.02. The minimum Gasteiger partial charge on any atom is -0.456 e. The van der Waals surface area contributed by atoms with Crippen LogP contribution in [0.1, 0.15) is 0 Å². The quantitative estimate of drug-likeness (QED) is 0.174. The molecule has 9 aromatic carbocycles. The molecule has 54 heavy (non-hydrogen) atoms. The maximum Gasteiger partial charge on any atom is 0.235 e. The smallest absolute Gasteiger partial charge is 0.235 e. The second-order valence-electron chi connectivity index (χ2n) is 14.1. The number of fused-ring (bicyclic) bond motifs is 14. The second-order valence-corrected chi connectivity index (χ2v) is 14.1. The largest absolute Gasteiger partial charge is 0.456 e. The highest BCUT2D eigenvalue weighted by Crippen LogP contribution is 2.46. The van der Waals surface area contributed by atoms with Crippen LogP contribution in [0.4, 0.5) is 0 Å². The van der Waals surface area contributed by atoms with E-state index in [-0.39, 0.29) is 0 Å². The molecule has 0 saturated carbocycles. The van der Waals surface area contributed by atoms with Crippen LogP contribution in [-0.2, 0) is 0 Å². The average Bonchev–Trinajstić information content (AvgIpc) is 3.80. The summed E-state index contributed by atoms with van der Waals surface area (Å²) in [6.45, 7) is 0. The summed E-state index contributed by atoms with van der Waals surface area (Å²) < 4.78 is 8.93. The summed E-state index contributed by atoms with van der Waals surface area (Å²) in [6, 6.07) is 62.4. The van der Waals surface area contributed by atoms with Crippen LogP contribution in [0.25, 0.3) is 115 Å². The third kappa shape index (κ3) is 4.08. The number of furan rings is 1. The maximum atomic E-state index is 6.61. The molecule has 0 saturated heterocycles. The van der Waals surface area contributed by atoms with Gasteiger partial charge in [0.25, 0.3) is 0 Å². The predicted molar refractivity (Wildman–Crippen MR) is 225 cm³/mol. The summed E-state index contributed by atoms with van der Waals surface area (Å²) in [4.78, 5) is 10.8. The van der Waals surface area contributed by atoms with E-state index >= 15 is 0 Å². The first kappa shape index (κ1) is 29.3. The van der Waals surface area contributed by atoms with Crippen LogP contribution in [0.2, 0.25) is 0 Å². The van der Waals surface area contributed by atoms with Crippen LogP contribution >= 0.6 is 0 Å². The van der Waals surface area contributed by atoms with Crippen molar-refractivity contribution in [3.63, 3.8) is 0 Å². The number of rotatable bonds is 3. The molecular formula is C50H29N3O. The Hall–Kier alpha value is -7.30. The van der Waals surface area contributed by atoms with Crippen LogP contribution in [0, 0.1) is 0 Å². The molecule has 0 unspecified atom stereocenters. The molecule has 0 aliphatic carbocycles. The van der Waals surface area contributed by atoms with Crippen molar-refractivity contribution < 1.29 is 4.42 Å². The first-order valence-electron chi connectivity index (χ1n) is 18.3. The zero-order valence-corrected chi connectivity index (χ0v) is 29.0. The summed E-state index contributed by atoms with van der Waals surface area (Å²) in [7, 11) is 0. The van der Waals surface area contributed by atoms with E-state index in [1.165, 1.54) is 32.3 Å². The van der Waals surface area contributed by atoms with Gasteiger partial charge in [0.15, 0.2) is 0 Å². The van der Waals surface area contributed by atoms with E-state index in [4.69, 9.17) is 14.4 Å². The standard InChI is InChI=1S/C50H29N3O/c1-2-14-31(15-3-1)47-39-21-10-11-24-42(39)51-50(52-47)53-48-34(32-25-27-40-44(29-32)54-43-28-26-30-13-4-5-16-33(30)45(40)43)22-12-23-41(48)46-37-19-8-6-17-35(37)36-18-7-9-20-38(36)49(46)53/h1-29H. The van der Waals surface area contributed by atoms with E-state index < -0.39 is 0 Å². The van der Waals surface area contributed by atoms with Gasteiger partial charge >= 0.3 is 0 Å². The molecule has 250 valence electrons. The number of nitrogens with zero attached hydrogens (tertiary/aromatic N) is 3. The number of benzene rings is 9. The van der Waals surface area contributed by atoms with Gasteiger partial charge in [-0.1, -0.05) is 152 Å². The monoisotopic (exact) mass is 687 g/mol. The number of hydrogen-bond acceptors (Lipinski definition) is 3. The second kappa shape index (κ2) is 11.1. The fourth-order valence-corrected chi connectivity index (χ4v) is 8.85. The predicted octanol–water partition coefficient (Wildman–Crippen LogP) is 13.4. The SMILES string of the molecule is c1ccc(-c2nc(-n3c4c(-c5ccc6c(c5)oc5ccc7ccccc7c56)cccc4c4c5ccccc5c5ccccc5c43)nc3ccccc23)cc1. The van der Waals surface area contributed by atoms with Crippen molar-refractivity contribution in [3.05, 3.63) is 176 Å². The Morgan fingerprint density at radius 3 is 1.93 bits per heavy atom. The molecule has 0 atom stereocenters. The topological polar surface area (TPSA) is 43.9 Å². The third-order valence-electron chi connectivity index (χ3n) is 11.2. The van der Waals surface area contributed by atoms with Crippen LogP contribution in [0.5, 0.6) is 0 Å². The van der Waals surface area contributed by atoms with E-state index in [9.17, 15) is 0 Å². The van der Waals surface area contributed by atoms with E-state index in [0.717, 1.165) is 77.0 Å². The molecule has 12 aromatic rings. The van der Waals surface area contributed by atoms with Gasteiger partial charge in [0.05, 0.1) is 22.2 Å². The molecule has 4 heteroatoms. The van der Waals surface area contributed by atoms with E-state index in [1.807, 2.05) is 6.07 Å². The van der Waals surface area contributed by atoms with Crippen molar-refractivity contribution in [2.24, 2.45) is 0 Å². The molecule has 0 aliphatic heterocycles. The van der Waals surface area contributed by atoms with Crippen molar-refractivity contribution in [1.29, 1.82) is 0 Å². The van der Waals surface area contributed by atoms with Crippen molar-refractivity contribution in [3.8, 4) is 28.3 Å². The molecule has 0 amide bonds. The van der Waals surface area contributed by atoms with Crippen molar-refractivity contribution in [2.75, 3.05) is 0 Å². The molecule has 4 nitrogen and oxygen atoms in total. The Labute approximate surface area is 309 Å². The molecule has 3 heterocycles. The molecule has 0 radical (unpaired) electrons. The fraction of sp³-hybridized carbons (Fsp3) is 0. The molecular weight excluding hydrogens is 659 g/mol. The number of hydrogen-bond donors (Lipinski definition) is 0.